The molecule has 0 radical (unpaired) electrons. The number of halogens is 3. The molecule has 0 unspecified atom stereocenters. The Balaban J connectivity index is 0.00000261. The molecule has 29 heavy (non-hydrogen) atoms. The van der Waals surface area contributed by atoms with Gasteiger partial charge >= 0.3 is 171 Å². The van der Waals surface area contributed by atoms with E-state index in [0.29, 0.717) is 5.92 Å². The molecule has 0 N–H and O–H groups in total. The monoisotopic (exact) mass is 482 g/mol. The quantitative estimate of drug-likeness (QED) is 0.399. The van der Waals surface area contributed by atoms with Gasteiger partial charge in [-0.1, -0.05) is 0 Å². The average Bonchev–Trinajstić information content (AvgIpc) is 3.06. The van der Waals surface area contributed by atoms with Gasteiger partial charge in [0, 0.05) is 0 Å². The van der Waals surface area contributed by atoms with Crippen LogP contribution < -0.4 is 37.2 Å². The van der Waals surface area contributed by atoms with Crippen LogP contribution in [0.5, 0.6) is 0 Å². The summed E-state index contributed by atoms with van der Waals surface area (Å²) in [6.45, 7) is 6.93. The number of hydrogen-bond acceptors (Lipinski definition) is 0. The van der Waals surface area contributed by atoms with Gasteiger partial charge in [0.05, 0.1) is 0 Å². The van der Waals surface area contributed by atoms with Gasteiger partial charge in [0.25, 0.3) is 0 Å². The first-order valence-electron chi connectivity index (χ1n) is 9.88. The molecule has 2 aromatic carbocycles. The largest absolute Gasteiger partial charge is 1.00 e. The molecule has 0 aliphatic heterocycles. The Hall–Kier alpha value is -0.496. The van der Waals surface area contributed by atoms with Gasteiger partial charge in [-0.15, -0.1) is 0 Å². The first-order chi connectivity index (χ1) is 12.6. The van der Waals surface area contributed by atoms with Crippen LogP contribution in [-0.4, -0.2) is 0 Å². The van der Waals surface area contributed by atoms with Crippen LogP contribution in [0, 0.1) is 5.92 Å². The zero-order valence-electron chi connectivity index (χ0n) is 17.4. The second-order valence-corrected chi connectivity index (χ2v) is 8.39. The van der Waals surface area contributed by atoms with Crippen molar-refractivity contribution in [3.05, 3.63) is 92.9 Å². The Bertz CT molecular complexity index is 756. The van der Waals surface area contributed by atoms with E-state index in [2.05, 4.69) is 108 Å². The third-order valence-electron chi connectivity index (χ3n) is 5.69. The SMILES string of the molecule is CCCCC(C1=[C]([Ti+3])C(C(C)C)=CC1)(c1ccccc1)c1ccccc1.[Cl-].[Cl-].[Cl-]. The van der Waals surface area contributed by atoms with E-state index >= 15 is 0 Å². The zero-order chi connectivity index (χ0) is 18.6. The van der Waals surface area contributed by atoms with Crippen molar-refractivity contribution in [2.45, 2.75) is 51.9 Å². The predicted molar refractivity (Wildman–Crippen MR) is 108 cm³/mol. The fourth-order valence-electron chi connectivity index (χ4n) is 4.34. The summed E-state index contributed by atoms with van der Waals surface area (Å²) in [5, 5.41) is 0. The van der Waals surface area contributed by atoms with Crippen LogP contribution in [0.2, 0.25) is 0 Å². The maximum atomic E-state index is 2.47. The van der Waals surface area contributed by atoms with Crippen LogP contribution in [-0.2, 0) is 25.9 Å². The van der Waals surface area contributed by atoms with Crippen molar-refractivity contribution >= 4 is 0 Å². The van der Waals surface area contributed by atoms with Crippen molar-refractivity contribution in [1.82, 2.24) is 0 Å². The van der Waals surface area contributed by atoms with Crippen LogP contribution >= 0.6 is 0 Å². The Labute approximate surface area is 207 Å². The van der Waals surface area contributed by atoms with E-state index in [1.807, 2.05) is 0 Å². The minimum atomic E-state index is -0.0181. The van der Waals surface area contributed by atoms with Gasteiger partial charge in [0.1, 0.15) is 0 Å². The van der Waals surface area contributed by atoms with E-state index in [4.69, 9.17) is 0 Å². The second-order valence-electron chi connectivity index (χ2n) is 7.61. The number of unbranched alkanes of at least 4 members (excludes halogenated alkanes) is 1. The summed E-state index contributed by atoms with van der Waals surface area (Å²) in [4.78, 5) is 0. The minimum absolute atomic E-state index is 0. The summed E-state index contributed by atoms with van der Waals surface area (Å²) in [6.07, 6.45) is 7.17. The van der Waals surface area contributed by atoms with Gasteiger partial charge in [0.15, 0.2) is 0 Å². The molecule has 0 saturated heterocycles. The fourth-order valence-corrected chi connectivity index (χ4v) is 5.45. The molecular weight excluding hydrogens is 455 g/mol. The Kier molecular flexibility index (Phi) is 12.8. The number of rotatable bonds is 7. The predicted octanol–water partition coefficient (Wildman–Crippen LogP) is -2.04. The molecular formula is C25H29Cl3Ti. The maximum Gasteiger partial charge on any atom is -1.00 e. The van der Waals surface area contributed by atoms with Crippen molar-refractivity contribution in [2.24, 2.45) is 5.92 Å². The minimum Gasteiger partial charge on any atom is -1.00 e. The first kappa shape index (κ1) is 28.5. The van der Waals surface area contributed by atoms with E-state index in [-0.39, 0.29) is 42.6 Å². The van der Waals surface area contributed by atoms with Gasteiger partial charge in [-0.25, -0.2) is 0 Å². The number of allylic oxidation sites excluding steroid dienone is 4. The second kappa shape index (κ2) is 13.0. The normalized spacial score (nSPS) is 13.4. The average molecular weight is 484 g/mol. The van der Waals surface area contributed by atoms with Gasteiger partial charge in [-0.3, -0.25) is 0 Å². The van der Waals surface area contributed by atoms with E-state index in [1.165, 1.54) is 39.8 Å². The van der Waals surface area contributed by atoms with E-state index in [1.54, 1.807) is 5.57 Å². The van der Waals surface area contributed by atoms with Gasteiger partial charge < -0.3 is 37.2 Å². The summed E-state index contributed by atoms with van der Waals surface area (Å²) >= 11 is 2.35. The molecule has 3 rings (SSSR count). The molecule has 0 saturated carbocycles. The summed E-state index contributed by atoms with van der Waals surface area (Å²) in [5.74, 6) is 0.586. The molecule has 0 aromatic heterocycles. The van der Waals surface area contributed by atoms with Gasteiger partial charge in [-0.2, -0.15) is 0 Å². The van der Waals surface area contributed by atoms with Gasteiger partial charge in [-0.05, 0) is 0 Å². The van der Waals surface area contributed by atoms with Crippen molar-refractivity contribution in [3.63, 3.8) is 0 Å². The molecule has 0 nitrogen and oxygen atoms in total. The third-order valence-corrected chi connectivity index (χ3v) is 6.61. The van der Waals surface area contributed by atoms with E-state index in [9.17, 15) is 0 Å². The van der Waals surface area contributed by atoms with Crippen LogP contribution in [0.3, 0.4) is 0 Å². The van der Waals surface area contributed by atoms with Crippen LogP contribution in [0.1, 0.15) is 57.6 Å². The summed E-state index contributed by atoms with van der Waals surface area (Å²) in [5.41, 5.74) is 6.00. The van der Waals surface area contributed by atoms with E-state index < -0.39 is 0 Å². The molecule has 0 spiro atoms. The summed E-state index contributed by atoms with van der Waals surface area (Å²) < 4.78 is 1.52. The molecule has 0 fully saturated rings. The van der Waals surface area contributed by atoms with Crippen molar-refractivity contribution in [3.8, 4) is 0 Å². The topological polar surface area (TPSA) is 0 Å². The molecule has 0 atom stereocenters. The van der Waals surface area contributed by atoms with Gasteiger partial charge in [0.2, 0.25) is 0 Å². The van der Waals surface area contributed by atoms with Crippen molar-refractivity contribution in [1.29, 1.82) is 0 Å². The molecule has 1 aliphatic rings. The molecule has 154 valence electrons. The van der Waals surface area contributed by atoms with Crippen LogP contribution in [0.15, 0.2) is 81.8 Å². The van der Waals surface area contributed by atoms with E-state index in [0.717, 1.165) is 6.42 Å². The smallest absolute Gasteiger partial charge is 1.00 e. The Morgan fingerprint density at radius 2 is 1.34 bits per heavy atom. The Morgan fingerprint density at radius 3 is 1.72 bits per heavy atom. The molecule has 0 heterocycles. The molecule has 0 bridgehead atoms. The third kappa shape index (κ3) is 5.81. The maximum absolute atomic E-state index is 2.47. The fraction of sp³-hybridized carbons (Fsp3) is 0.360. The molecule has 1 aliphatic carbocycles. The van der Waals surface area contributed by atoms with Crippen LogP contribution in [0.25, 0.3) is 0 Å². The number of hydrogen-bond donors (Lipinski definition) is 0. The Morgan fingerprint density at radius 1 is 0.862 bits per heavy atom. The summed E-state index contributed by atoms with van der Waals surface area (Å²) in [7, 11) is 0. The van der Waals surface area contributed by atoms with Crippen LogP contribution in [0.4, 0.5) is 0 Å². The number of benzene rings is 2. The van der Waals surface area contributed by atoms with Crippen molar-refractivity contribution in [2.75, 3.05) is 0 Å². The molecule has 0 amide bonds. The standard InChI is InChI=1S/C25H29.3ClH.Ti/c1-4-5-18-25(22-12-8-6-9-13-22,23-14-10-7-11-15-23)24-17-16-21(19-24)20(2)3;;;;/h6-16,20H,4-5,17-18H2,1-3H3;3*1H;/q;;;;+3/p-3. The molecule has 4 heteroatoms. The van der Waals surface area contributed by atoms with Crippen molar-refractivity contribution < 1.29 is 57.7 Å². The first-order valence-corrected chi connectivity index (χ1v) is 10.7. The molecule has 2 aromatic rings. The summed E-state index contributed by atoms with van der Waals surface area (Å²) in [6, 6.07) is 22.4. The zero-order valence-corrected chi connectivity index (χ0v) is 21.2.